The molecule has 9 heavy (non-hydrogen) atoms. The predicted molar refractivity (Wildman–Crippen MR) is 44.6 cm³/mol. The average Bonchev–Trinajstić information content (AvgIpc) is 2.14. The monoisotopic (exact) mass is 142 g/mol. The van der Waals surface area contributed by atoms with Gasteiger partial charge in [-0.05, 0) is 17.7 Å². The zero-order chi connectivity index (χ0) is 6.85. The third kappa shape index (κ3) is 1.75. The summed E-state index contributed by atoms with van der Waals surface area (Å²) in [7, 11) is 0. The highest BCUT2D eigenvalue weighted by Crippen LogP contribution is 2.33. The van der Waals surface area contributed by atoms with E-state index in [1.807, 2.05) is 11.8 Å². The number of rotatable bonds is 1. The van der Waals surface area contributed by atoms with E-state index >= 15 is 0 Å². The first-order valence-corrected chi connectivity index (χ1v) is 4.49. The number of hydrogen-bond donors (Lipinski definition) is 0. The van der Waals surface area contributed by atoms with Crippen LogP contribution in [0.4, 0.5) is 0 Å². The van der Waals surface area contributed by atoms with E-state index in [1.165, 1.54) is 6.42 Å². The van der Waals surface area contributed by atoms with Crippen LogP contribution in [-0.4, -0.2) is 5.25 Å². The average molecular weight is 142 g/mol. The maximum absolute atomic E-state index is 2.33. The molecule has 0 aromatic carbocycles. The van der Waals surface area contributed by atoms with Crippen molar-refractivity contribution in [3.63, 3.8) is 0 Å². The Labute approximate surface area is 61.7 Å². The van der Waals surface area contributed by atoms with E-state index in [2.05, 4.69) is 26.2 Å². The molecule has 1 heteroatoms. The van der Waals surface area contributed by atoms with Crippen LogP contribution in [0.25, 0.3) is 0 Å². The Morgan fingerprint density at radius 2 is 2.33 bits per heavy atom. The molecule has 0 fully saturated rings. The van der Waals surface area contributed by atoms with Gasteiger partial charge in [0.25, 0.3) is 0 Å². The maximum atomic E-state index is 2.33. The van der Waals surface area contributed by atoms with Gasteiger partial charge in [0.15, 0.2) is 0 Å². The zero-order valence-electron chi connectivity index (χ0n) is 6.35. The Bertz CT molecular complexity index is 125. The lowest BCUT2D eigenvalue weighted by atomic mass is 10.0. The summed E-state index contributed by atoms with van der Waals surface area (Å²) in [6.07, 6.45) is 1.31. The summed E-state index contributed by atoms with van der Waals surface area (Å²) in [4.78, 5) is 0. The van der Waals surface area contributed by atoms with E-state index < -0.39 is 0 Å². The quantitative estimate of drug-likeness (QED) is 0.542. The van der Waals surface area contributed by atoms with Crippen LogP contribution < -0.4 is 0 Å². The fourth-order valence-electron chi connectivity index (χ4n) is 1.00. The molecule has 0 aromatic rings. The normalized spacial score (nSPS) is 27.1. The van der Waals surface area contributed by atoms with Gasteiger partial charge in [0, 0.05) is 5.25 Å². The van der Waals surface area contributed by atoms with Crippen LogP contribution >= 0.6 is 11.8 Å². The van der Waals surface area contributed by atoms with Crippen LogP contribution in [0.5, 0.6) is 0 Å². The highest BCUT2D eigenvalue weighted by molar-refractivity contribution is 8.03. The Morgan fingerprint density at radius 3 is 2.56 bits per heavy atom. The van der Waals surface area contributed by atoms with Crippen molar-refractivity contribution >= 4 is 11.8 Å². The molecule has 0 spiro atoms. The summed E-state index contributed by atoms with van der Waals surface area (Å²) < 4.78 is 0. The Hall–Kier alpha value is 0.0900. The minimum atomic E-state index is 0.766. The molecular formula is C8H14S. The highest BCUT2D eigenvalue weighted by Gasteiger charge is 2.14. The van der Waals surface area contributed by atoms with Gasteiger partial charge in [-0.2, -0.15) is 0 Å². The molecule has 0 radical (unpaired) electrons. The largest absolute Gasteiger partial charge is 0.131 e. The van der Waals surface area contributed by atoms with Crippen LogP contribution in [0.3, 0.4) is 0 Å². The van der Waals surface area contributed by atoms with E-state index in [0.29, 0.717) is 0 Å². The minimum absolute atomic E-state index is 0.766. The molecule has 1 heterocycles. The van der Waals surface area contributed by atoms with E-state index in [1.54, 1.807) is 5.57 Å². The first kappa shape index (κ1) is 7.20. The topological polar surface area (TPSA) is 0 Å². The molecular weight excluding hydrogens is 128 g/mol. The lowest BCUT2D eigenvalue weighted by Crippen LogP contribution is -1.95. The molecule has 1 rings (SSSR count). The van der Waals surface area contributed by atoms with Gasteiger partial charge in [-0.15, -0.1) is 11.8 Å². The molecule has 0 aromatic heterocycles. The van der Waals surface area contributed by atoms with E-state index in [-0.39, 0.29) is 0 Å². The molecule has 0 saturated carbocycles. The van der Waals surface area contributed by atoms with Crippen LogP contribution in [-0.2, 0) is 0 Å². The number of hydrogen-bond acceptors (Lipinski definition) is 1. The molecule has 0 saturated heterocycles. The van der Waals surface area contributed by atoms with Crippen molar-refractivity contribution in [2.45, 2.75) is 32.4 Å². The predicted octanol–water partition coefficient (Wildman–Crippen LogP) is 3.05. The molecule has 0 amide bonds. The van der Waals surface area contributed by atoms with Gasteiger partial charge < -0.3 is 0 Å². The second-order valence-electron chi connectivity index (χ2n) is 3.00. The second kappa shape index (κ2) is 2.78. The Kier molecular flexibility index (Phi) is 2.23. The van der Waals surface area contributed by atoms with E-state index in [4.69, 9.17) is 0 Å². The van der Waals surface area contributed by atoms with Crippen molar-refractivity contribution < 1.29 is 0 Å². The van der Waals surface area contributed by atoms with Crippen LogP contribution in [0.2, 0.25) is 0 Å². The molecule has 1 aliphatic heterocycles. The minimum Gasteiger partial charge on any atom is -0.131 e. The second-order valence-corrected chi connectivity index (χ2v) is 4.31. The Balaban J connectivity index is 2.45. The van der Waals surface area contributed by atoms with Crippen molar-refractivity contribution in [2.24, 2.45) is 5.92 Å². The molecule has 1 atom stereocenters. The van der Waals surface area contributed by atoms with Crippen LogP contribution in [0.1, 0.15) is 27.2 Å². The third-order valence-corrected chi connectivity index (χ3v) is 2.79. The fourth-order valence-corrected chi connectivity index (χ4v) is 2.07. The summed E-state index contributed by atoms with van der Waals surface area (Å²) in [6.45, 7) is 6.82. The van der Waals surface area contributed by atoms with Gasteiger partial charge in [-0.1, -0.05) is 26.3 Å². The molecule has 0 nitrogen and oxygen atoms in total. The van der Waals surface area contributed by atoms with Gasteiger partial charge in [-0.25, -0.2) is 0 Å². The molecule has 0 bridgehead atoms. The molecule has 1 unspecified atom stereocenters. The molecule has 0 N–H and O–H groups in total. The Morgan fingerprint density at radius 1 is 1.67 bits per heavy atom. The number of thioether (sulfide) groups is 1. The summed E-state index contributed by atoms with van der Waals surface area (Å²) in [5, 5.41) is 3.16. The summed E-state index contributed by atoms with van der Waals surface area (Å²) in [5.41, 5.74) is 1.63. The van der Waals surface area contributed by atoms with Crippen LogP contribution in [0.15, 0.2) is 11.0 Å². The van der Waals surface area contributed by atoms with Gasteiger partial charge in [0.1, 0.15) is 0 Å². The molecule has 1 aliphatic rings. The first-order valence-electron chi connectivity index (χ1n) is 3.54. The highest BCUT2D eigenvalue weighted by atomic mass is 32.2. The number of allylic oxidation sites excluding steroid dienone is 1. The summed E-state index contributed by atoms with van der Waals surface area (Å²) >= 11 is 1.97. The van der Waals surface area contributed by atoms with Crippen LogP contribution in [0, 0.1) is 5.92 Å². The third-order valence-electron chi connectivity index (χ3n) is 1.72. The fraction of sp³-hybridized carbons (Fsp3) is 0.750. The van der Waals surface area contributed by atoms with Gasteiger partial charge >= 0.3 is 0 Å². The summed E-state index contributed by atoms with van der Waals surface area (Å²) in [6, 6.07) is 0. The maximum Gasteiger partial charge on any atom is 0.00976 e. The zero-order valence-corrected chi connectivity index (χ0v) is 7.16. The molecule has 0 aliphatic carbocycles. The smallest absolute Gasteiger partial charge is 0.00976 e. The standard InChI is InChI=1S/C8H14S/c1-6(2)8-4-7(3)9-5-8/h5-7H,4H2,1-3H3. The van der Waals surface area contributed by atoms with E-state index in [9.17, 15) is 0 Å². The van der Waals surface area contributed by atoms with Gasteiger partial charge in [-0.3, -0.25) is 0 Å². The van der Waals surface area contributed by atoms with Crippen molar-refractivity contribution in [2.75, 3.05) is 0 Å². The lowest BCUT2D eigenvalue weighted by molar-refractivity contribution is 0.718. The van der Waals surface area contributed by atoms with Crippen molar-refractivity contribution in [1.82, 2.24) is 0 Å². The van der Waals surface area contributed by atoms with Crippen molar-refractivity contribution in [3.05, 3.63) is 11.0 Å². The van der Waals surface area contributed by atoms with Gasteiger partial charge in [0.2, 0.25) is 0 Å². The van der Waals surface area contributed by atoms with E-state index in [0.717, 1.165) is 11.2 Å². The first-order chi connectivity index (χ1) is 4.20. The van der Waals surface area contributed by atoms with Crippen molar-refractivity contribution in [3.8, 4) is 0 Å². The van der Waals surface area contributed by atoms with Gasteiger partial charge in [0.05, 0.1) is 0 Å². The summed E-state index contributed by atoms with van der Waals surface area (Å²) in [5.74, 6) is 0.766. The lowest BCUT2D eigenvalue weighted by Gasteiger charge is -2.04. The van der Waals surface area contributed by atoms with Crippen molar-refractivity contribution in [1.29, 1.82) is 0 Å². The molecule has 52 valence electrons. The SMILES string of the molecule is CC1CC(C(C)C)=CS1.